The predicted octanol–water partition coefficient (Wildman–Crippen LogP) is 17.5. The fourth-order valence-corrected chi connectivity index (χ4v) is 10.7. The van der Waals surface area contributed by atoms with Gasteiger partial charge in [0.05, 0.1) is 53.7 Å². The molecule has 0 spiro atoms. The summed E-state index contributed by atoms with van der Waals surface area (Å²) in [7, 11) is 0. The molecule has 0 radical (unpaired) electrons. The molecule has 0 saturated heterocycles. The molecule has 0 aliphatic heterocycles. The maximum Gasteiger partial charge on any atom is 0.268 e. The molecule has 14 rings (SSSR count). The smallest absolute Gasteiger partial charge is 0.268 e. The first-order valence-electron chi connectivity index (χ1n) is 30.3. The summed E-state index contributed by atoms with van der Waals surface area (Å²) in [4.78, 5) is 8.82. The average Bonchev–Trinajstić information content (AvgIpc) is 1.96. The maximum absolute atomic E-state index is 9.11. The molecule has 0 atom stereocenters. The zero-order valence-corrected chi connectivity index (χ0v) is 44.9. The van der Waals surface area contributed by atoms with E-state index in [1.807, 2.05) is 30.5 Å². The van der Waals surface area contributed by atoms with E-state index < -0.39 is 60.4 Å². The van der Waals surface area contributed by atoms with Crippen molar-refractivity contribution >= 4 is 60.3 Å². The van der Waals surface area contributed by atoms with Crippen molar-refractivity contribution in [3.8, 4) is 67.8 Å². The molecule has 380 valence electrons. The summed E-state index contributed by atoms with van der Waals surface area (Å²) in [6.45, 7) is 14.8. The number of imidazole rings is 1. The molecule has 4 heterocycles. The number of hydrogen-bond acceptors (Lipinski definition) is 2. The number of aromatic nitrogens is 5. The minimum atomic E-state index is -0.600. The van der Waals surface area contributed by atoms with Crippen molar-refractivity contribution in [1.29, 1.82) is 0 Å². The molecule has 4 aromatic heterocycles. The van der Waals surface area contributed by atoms with Crippen LogP contribution in [0.1, 0.15) is 40.0 Å². The van der Waals surface area contributed by atoms with Gasteiger partial charge in [-0.1, -0.05) is 202 Å². The second-order valence-electron chi connectivity index (χ2n) is 20.0. The summed E-state index contributed by atoms with van der Waals surface area (Å²) in [6, 6.07) is 56.3. The molecule has 0 fully saturated rings. The van der Waals surface area contributed by atoms with Crippen molar-refractivity contribution in [3.05, 3.63) is 272 Å². The van der Waals surface area contributed by atoms with Crippen molar-refractivity contribution in [2.45, 2.75) is 26.2 Å². The van der Waals surface area contributed by atoms with Gasteiger partial charge in [0.1, 0.15) is 5.82 Å². The number of rotatable bonds is 9. The fraction of sp³-hybridized carbons (Fsp3) is 0.0563. The summed E-state index contributed by atoms with van der Waals surface area (Å²) in [5, 5.41) is 4.16. The summed E-state index contributed by atoms with van der Waals surface area (Å²) >= 11 is 0. The summed E-state index contributed by atoms with van der Waals surface area (Å²) in [5.74, 6) is 1.17. The number of para-hydroxylation sites is 6. The van der Waals surface area contributed by atoms with Crippen molar-refractivity contribution < 1.29 is 44.1 Å². The van der Waals surface area contributed by atoms with E-state index in [1.54, 1.807) is 63.7 Å². The Balaban J connectivity index is 0.00000729. The van der Waals surface area contributed by atoms with E-state index in [1.165, 1.54) is 0 Å². The number of nitrogens with zero attached hydrogens (tertiary/aromatic N) is 6. The van der Waals surface area contributed by atoms with Crippen LogP contribution in [0.25, 0.3) is 116 Å². The van der Waals surface area contributed by atoms with Gasteiger partial charge in [0, 0.05) is 60.6 Å². The van der Waals surface area contributed by atoms with Gasteiger partial charge in [-0.2, -0.15) is 12.1 Å². The molecular formula is C71H48N6OPt-2. The molecule has 0 bridgehead atoms. The van der Waals surface area contributed by atoms with Crippen LogP contribution >= 0.6 is 0 Å². The second-order valence-corrected chi connectivity index (χ2v) is 20.0. The summed E-state index contributed by atoms with van der Waals surface area (Å²) in [5.41, 5.74) is 9.21. The van der Waals surface area contributed by atoms with E-state index in [2.05, 4.69) is 144 Å². The van der Waals surface area contributed by atoms with E-state index in [4.69, 9.17) is 30.0 Å². The van der Waals surface area contributed by atoms with Crippen molar-refractivity contribution in [3.63, 3.8) is 0 Å². The molecule has 8 heteroatoms. The molecule has 10 aromatic carbocycles. The van der Waals surface area contributed by atoms with Crippen LogP contribution in [-0.2, 0) is 26.5 Å². The Labute approximate surface area is 486 Å². The van der Waals surface area contributed by atoms with E-state index in [0.29, 0.717) is 33.8 Å². The summed E-state index contributed by atoms with van der Waals surface area (Å²) < 4.78 is 102. The average molecular weight is 1210 g/mol. The van der Waals surface area contributed by atoms with Crippen LogP contribution in [0.3, 0.4) is 0 Å². The normalized spacial score (nSPS) is 13.4. The van der Waals surface area contributed by atoms with Crippen LogP contribution < -0.4 is 9.30 Å². The van der Waals surface area contributed by atoms with Gasteiger partial charge in [0.25, 0.3) is 6.33 Å². The van der Waals surface area contributed by atoms with Gasteiger partial charge in [-0.3, -0.25) is 9.41 Å². The van der Waals surface area contributed by atoms with E-state index in [0.717, 1.165) is 60.5 Å². The van der Waals surface area contributed by atoms with E-state index in [-0.39, 0.29) is 65.9 Å². The SMILES string of the molecule is [2H]c1c([2H])c([2H])c(-c2cccc(-c3c([2H])c([2H])c([2H])c([2H])c3[2H])c2-[n+]2[c-]n(-c3[c-]c(Oc4[c-]c5c(cc4)c4cc(-c6cccc7c8ccccc8n(-c8ccccc8)c67)ccc4n5-c4cc(C(C)(C)C)ccn4)cc([N+]#[C-])c3)c3ccccc32)c([2H])c1[2H].[Pt]. The third-order valence-corrected chi connectivity index (χ3v) is 14.3. The summed E-state index contributed by atoms with van der Waals surface area (Å²) in [6.07, 6.45) is 5.21. The molecule has 7 nitrogen and oxygen atoms in total. The second kappa shape index (κ2) is 19.8. The maximum atomic E-state index is 9.11. The number of fused-ring (bicyclic) bond motifs is 7. The molecule has 0 aliphatic carbocycles. The zero-order valence-electron chi connectivity index (χ0n) is 52.7. The van der Waals surface area contributed by atoms with Gasteiger partial charge in [-0.25, -0.2) is 4.98 Å². The Hall–Kier alpha value is -9.60. The van der Waals surface area contributed by atoms with Crippen LogP contribution in [0.4, 0.5) is 5.69 Å². The number of benzene rings is 10. The molecule has 0 amide bonds. The van der Waals surface area contributed by atoms with Gasteiger partial charge in [-0.15, -0.1) is 29.7 Å². The molecule has 0 unspecified atom stereocenters. The first-order chi connectivity index (χ1) is 42.4. The standard InChI is InChI=1S/C71H48N6O.Pt/c1-71(2,3)50-38-39-73-68(41-50)77-64-37-34-49(58-29-19-30-61-59-26-14-15-31-63(59)76(70(58)61)52-24-12-7-13-25-52)40-62(64)60-36-35-54(45-67(60)77)78-55-43-51(72-4)42-53(44-55)74-46-75(66-33-17-16-32-65(66)74)69-56(47-20-8-5-9-21-47)27-18-28-57(69)48-22-10-6-11-23-48;/h5-43H,1-3H3;/q-2;/i5D,6D,8D,9D,10D,11D,20D,21D,22D,23D;. The Morgan fingerprint density at radius 1 is 0.570 bits per heavy atom. The van der Waals surface area contributed by atoms with Gasteiger partial charge in [0.2, 0.25) is 0 Å². The number of pyridine rings is 1. The Morgan fingerprint density at radius 3 is 1.99 bits per heavy atom. The number of hydrogen-bond donors (Lipinski definition) is 0. The largest absolute Gasteiger partial charge is 0.511 e. The first kappa shape index (κ1) is 38.9. The molecule has 0 saturated carbocycles. The third-order valence-electron chi connectivity index (χ3n) is 14.3. The van der Waals surface area contributed by atoms with Crippen LogP contribution in [0, 0.1) is 25.0 Å². The van der Waals surface area contributed by atoms with Crippen molar-refractivity contribution in [1.82, 2.24) is 18.7 Å². The van der Waals surface area contributed by atoms with Crippen LogP contribution in [-0.4, -0.2) is 18.7 Å². The van der Waals surface area contributed by atoms with Crippen LogP contribution in [0.15, 0.2) is 236 Å². The Bertz CT molecular complexity index is 5190. The first-order valence-corrected chi connectivity index (χ1v) is 25.3. The van der Waals surface area contributed by atoms with E-state index >= 15 is 0 Å². The van der Waals surface area contributed by atoms with Gasteiger partial charge in [-0.05, 0) is 86.3 Å². The Kier molecular flexibility index (Phi) is 9.72. The fourth-order valence-electron chi connectivity index (χ4n) is 10.7. The zero-order chi connectivity index (χ0) is 61.2. The van der Waals surface area contributed by atoms with Crippen molar-refractivity contribution in [2.24, 2.45) is 0 Å². The molecule has 79 heavy (non-hydrogen) atoms. The monoisotopic (exact) mass is 1210 g/mol. The minimum Gasteiger partial charge on any atom is -0.511 e. The van der Waals surface area contributed by atoms with Gasteiger partial charge in [0.15, 0.2) is 0 Å². The molecule has 14 aromatic rings. The number of ether oxygens (including phenoxy) is 1. The quantitative estimate of drug-likeness (QED) is 0.107. The minimum absolute atomic E-state index is 0. The molecular weight excluding hydrogens is 1150 g/mol. The van der Waals surface area contributed by atoms with Crippen LogP contribution in [0.5, 0.6) is 11.5 Å². The van der Waals surface area contributed by atoms with Gasteiger partial charge < -0.3 is 18.4 Å². The third kappa shape index (κ3) is 8.50. The molecule has 0 N–H and O–H groups in total. The van der Waals surface area contributed by atoms with Crippen LogP contribution in [0.2, 0.25) is 0 Å². The predicted molar refractivity (Wildman–Crippen MR) is 316 cm³/mol. The molecule has 0 aliphatic rings. The topological polar surface area (TPSA) is 45.1 Å². The van der Waals surface area contributed by atoms with Crippen molar-refractivity contribution in [2.75, 3.05) is 0 Å². The van der Waals surface area contributed by atoms with Gasteiger partial charge >= 0.3 is 0 Å². The van der Waals surface area contributed by atoms with E-state index in [9.17, 15) is 0 Å². The Morgan fingerprint density at radius 2 is 1.24 bits per heavy atom.